The van der Waals surface area contributed by atoms with Crippen molar-refractivity contribution in [3.05, 3.63) is 87.9 Å². The van der Waals surface area contributed by atoms with Crippen molar-refractivity contribution < 1.29 is 19.1 Å². The van der Waals surface area contributed by atoms with E-state index in [1.54, 1.807) is 0 Å². The molecule has 3 aromatic carbocycles. The first-order chi connectivity index (χ1) is 19.5. The molecule has 208 valence electrons. The lowest BCUT2D eigenvalue weighted by Gasteiger charge is -2.47. The summed E-state index contributed by atoms with van der Waals surface area (Å²) in [6, 6.07) is 19.1. The number of nitrogens with zero attached hydrogens (tertiary/aromatic N) is 3. The van der Waals surface area contributed by atoms with Crippen LogP contribution in [0.1, 0.15) is 52.9 Å². The molecule has 0 N–H and O–H groups in total. The molecule has 3 heterocycles. The Morgan fingerprint density at radius 2 is 1.60 bits per heavy atom. The van der Waals surface area contributed by atoms with Crippen LogP contribution in [0.4, 0.5) is 5.69 Å². The quantitative estimate of drug-likeness (QED) is 0.409. The van der Waals surface area contributed by atoms with E-state index in [9.17, 15) is 9.59 Å². The molecule has 8 heteroatoms. The van der Waals surface area contributed by atoms with Gasteiger partial charge in [-0.25, -0.2) is 0 Å². The zero-order valence-electron chi connectivity index (χ0n) is 22.9. The summed E-state index contributed by atoms with van der Waals surface area (Å²) in [5.74, 6) is 0.892. The van der Waals surface area contributed by atoms with Gasteiger partial charge in [-0.15, -0.1) is 0 Å². The molecular weight excluding hydrogens is 526 g/mol. The summed E-state index contributed by atoms with van der Waals surface area (Å²) >= 11 is 6.23. The summed E-state index contributed by atoms with van der Waals surface area (Å²) in [6.45, 7) is 8.11. The number of anilines is 1. The summed E-state index contributed by atoms with van der Waals surface area (Å²) in [5.41, 5.74) is 4.56. The highest BCUT2D eigenvalue weighted by Gasteiger charge is 2.48. The fourth-order valence-corrected chi connectivity index (χ4v) is 6.58. The van der Waals surface area contributed by atoms with Gasteiger partial charge < -0.3 is 24.2 Å². The molecule has 3 aliphatic heterocycles. The zero-order valence-corrected chi connectivity index (χ0v) is 23.7. The van der Waals surface area contributed by atoms with Crippen molar-refractivity contribution in [3.63, 3.8) is 0 Å². The van der Waals surface area contributed by atoms with Gasteiger partial charge in [0.1, 0.15) is 0 Å². The Hall–Kier alpha value is -3.71. The van der Waals surface area contributed by atoms with Crippen LogP contribution < -0.4 is 14.4 Å². The zero-order chi connectivity index (χ0) is 27.8. The van der Waals surface area contributed by atoms with Crippen molar-refractivity contribution in [2.24, 2.45) is 0 Å². The van der Waals surface area contributed by atoms with Gasteiger partial charge in [0, 0.05) is 49.0 Å². The Kier molecular flexibility index (Phi) is 7.32. The molecule has 0 radical (unpaired) electrons. The number of hydrogen-bond donors (Lipinski definition) is 0. The largest absolute Gasteiger partial charge is 0.490 e. The molecule has 0 aliphatic carbocycles. The molecule has 2 amide bonds. The molecule has 0 unspecified atom stereocenters. The Labute approximate surface area is 240 Å². The summed E-state index contributed by atoms with van der Waals surface area (Å²) in [7, 11) is 0. The van der Waals surface area contributed by atoms with Gasteiger partial charge in [0.15, 0.2) is 11.5 Å². The van der Waals surface area contributed by atoms with Crippen LogP contribution in [-0.4, -0.2) is 67.6 Å². The number of ether oxygens (including phenoxy) is 2. The van der Waals surface area contributed by atoms with Crippen molar-refractivity contribution in [2.75, 3.05) is 50.8 Å². The number of halogens is 1. The number of piperazine rings is 1. The van der Waals surface area contributed by atoms with E-state index in [1.165, 1.54) is 0 Å². The monoisotopic (exact) mass is 559 g/mol. The van der Waals surface area contributed by atoms with Crippen LogP contribution in [0.15, 0.2) is 60.7 Å². The SMILES string of the molecule is CCOc1cc2c(cc1OCC)[C@H]1[C@H](C(=O)N3CCN(c4cccc(Cl)c4)CC3)c3ccccc3C(=O)N1CC2. The fraction of sp³-hybridized carbons (Fsp3) is 0.375. The van der Waals surface area contributed by atoms with Gasteiger partial charge in [-0.2, -0.15) is 0 Å². The van der Waals surface area contributed by atoms with Crippen molar-refractivity contribution in [1.82, 2.24) is 9.80 Å². The summed E-state index contributed by atoms with van der Waals surface area (Å²) < 4.78 is 11.9. The van der Waals surface area contributed by atoms with Gasteiger partial charge in [-0.1, -0.05) is 35.9 Å². The third-order valence-electron chi connectivity index (χ3n) is 8.22. The van der Waals surface area contributed by atoms with Crippen LogP contribution in [0.3, 0.4) is 0 Å². The standard InChI is InChI=1S/C32H34ClN3O4/c1-3-39-27-18-21-12-13-36-30(26(21)20-28(27)40-4-2)29(24-10-5-6-11-25(24)31(36)37)32(38)35-16-14-34(15-17-35)23-9-7-8-22(33)19-23/h5-11,18-20,29-30H,3-4,12-17H2,1-2H3/t29-,30+/m1/s1. The Morgan fingerprint density at radius 3 is 2.33 bits per heavy atom. The van der Waals surface area contributed by atoms with E-state index in [4.69, 9.17) is 21.1 Å². The number of amides is 2. The molecule has 2 atom stereocenters. The minimum atomic E-state index is -0.502. The number of carbonyl (C=O) groups excluding carboxylic acids is 2. The van der Waals surface area contributed by atoms with Crippen molar-refractivity contribution in [2.45, 2.75) is 32.2 Å². The van der Waals surface area contributed by atoms with E-state index in [1.807, 2.05) is 78.2 Å². The normalized spacial score (nSPS) is 20.0. The maximum atomic E-state index is 14.5. The predicted octanol–water partition coefficient (Wildman–Crippen LogP) is 5.32. The van der Waals surface area contributed by atoms with E-state index in [0.29, 0.717) is 61.4 Å². The van der Waals surface area contributed by atoms with Gasteiger partial charge in [0.2, 0.25) is 5.91 Å². The van der Waals surface area contributed by atoms with E-state index >= 15 is 0 Å². The Balaban J connectivity index is 1.37. The lowest BCUT2D eigenvalue weighted by molar-refractivity contribution is -0.135. The molecular formula is C32H34ClN3O4. The number of hydrogen-bond acceptors (Lipinski definition) is 5. The first kappa shape index (κ1) is 26.5. The molecule has 0 saturated carbocycles. The summed E-state index contributed by atoms with van der Waals surface area (Å²) in [5, 5.41) is 0.703. The second-order valence-corrected chi connectivity index (χ2v) is 10.9. The van der Waals surface area contributed by atoms with Crippen LogP contribution in [0.25, 0.3) is 0 Å². The second-order valence-electron chi connectivity index (χ2n) is 10.4. The molecule has 1 fully saturated rings. The second kappa shape index (κ2) is 11.0. The van der Waals surface area contributed by atoms with Crippen LogP contribution in [-0.2, 0) is 11.2 Å². The van der Waals surface area contributed by atoms with Gasteiger partial charge in [-0.05, 0) is 73.4 Å². The average molecular weight is 560 g/mol. The third kappa shape index (κ3) is 4.66. The fourth-order valence-electron chi connectivity index (χ4n) is 6.39. The minimum absolute atomic E-state index is 0.0204. The molecule has 3 aliphatic rings. The van der Waals surface area contributed by atoms with E-state index < -0.39 is 12.0 Å². The van der Waals surface area contributed by atoms with Gasteiger partial charge >= 0.3 is 0 Å². The Morgan fingerprint density at radius 1 is 0.875 bits per heavy atom. The Bertz CT molecular complexity index is 1440. The molecule has 1 saturated heterocycles. The third-order valence-corrected chi connectivity index (χ3v) is 8.45. The highest BCUT2D eigenvalue weighted by Crippen LogP contribution is 2.49. The molecule has 6 rings (SSSR count). The van der Waals surface area contributed by atoms with Gasteiger partial charge in [0.05, 0.1) is 25.2 Å². The number of rotatable bonds is 6. The topological polar surface area (TPSA) is 62.3 Å². The molecule has 0 spiro atoms. The van der Waals surface area contributed by atoms with E-state index in [0.717, 1.165) is 35.5 Å². The van der Waals surface area contributed by atoms with Crippen molar-refractivity contribution in [3.8, 4) is 11.5 Å². The van der Waals surface area contributed by atoms with Crippen molar-refractivity contribution >= 4 is 29.1 Å². The highest BCUT2D eigenvalue weighted by molar-refractivity contribution is 6.30. The smallest absolute Gasteiger partial charge is 0.254 e. The summed E-state index contributed by atoms with van der Waals surface area (Å²) in [4.78, 5) is 34.3. The highest BCUT2D eigenvalue weighted by atomic mass is 35.5. The molecule has 7 nitrogen and oxygen atoms in total. The number of fused-ring (bicyclic) bond motifs is 4. The molecule has 3 aromatic rings. The van der Waals surface area contributed by atoms with Crippen LogP contribution in [0.5, 0.6) is 11.5 Å². The number of carbonyl (C=O) groups is 2. The van der Waals surface area contributed by atoms with Crippen molar-refractivity contribution in [1.29, 1.82) is 0 Å². The lowest BCUT2D eigenvalue weighted by atomic mass is 9.75. The molecule has 40 heavy (non-hydrogen) atoms. The summed E-state index contributed by atoms with van der Waals surface area (Å²) in [6.07, 6.45) is 0.700. The number of benzene rings is 3. The van der Waals surface area contributed by atoms with E-state index in [2.05, 4.69) is 11.0 Å². The van der Waals surface area contributed by atoms with Crippen LogP contribution in [0.2, 0.25) is 5.02 Å². The molecule has 0 aromatic heterocycles. The van der Waals surface area contributed by atoms with Crippen LogP contribution in [0, 0.1) is 0 Å². The first-order valence-corrected chi connectivity index (χ1v) is 14.5. The maximum absolute atomic E-state index is 14.5. The van der Waals surface area contributed by atoms with E-state index in [-0.39, 0.29) is 11.8 Å². The van der Waals surface area contributed by atoms with Gasteiger partial charge in [-0.3, -0.25) is 9.59 Å². The van der Waals surface area contributed by atoms with Crippen LogP contribution >= 0.6 is 11.6 Å². The minimum Gasteiger partial charge on any atom is -0.490 e. The maximum Gasteiger partial charge on any atom is 0.254 e. The van der Waals surface area contributed by atoms with Gasteiger partial charge in [0.25, 0.3) is 5.91 Å². The lowest BCUT2D eigenvalue weighted by Crippen LogP contribution is -2.54. The average Bonchev–Trinajstić information content (AvgIpc) is 2.98. The first-order valence-electron chi connectivity index (χ1n) is 14.1. The predicted molar refractivity (Wildman–Crippen MR) is 156 cm³/mol. The molecule has 0 bridgehead atoms.